The lowest BCUT2D eigenvalue weighted by atomic mass is 9.32. The maximum Gasteiger partial charge on any atom is 0.252 e. The minimum atomic E-state index is 0.0163. The summed E-state index contributed by atoms with van der Waals surface area (Å²) < 4.78 is 0. The van der Waals surface area contributed by atoms with Gasteiger partial charge in [-0.1, -0.05) is 175 Å². The summed E-state index contributed by atoms with van der Waals surface area (Å²) >= 11 is 0. The van der Waals surface area contributed by atoms with E-state index in [4.69, 9.17) is 0 Å². The lowest BCUT2D eigenvalue weighted by molar-refractivity contribution is 0.496. The van der Waals surface area contributed by atoms with Crippen molar-refractivity contribution in [3.8, 4) is 0 Å². The third-order valence-corrected chi connectivity index (χ3v) is 19.4. The Bertz CT molecular complexity index is 4170. The van der Waals surface area contributed by atoms with Crippen molar-refractivity contribution in [1.29, 1.82) is 0 Å². The topological polar surface area (TPSA) is 6.48 Å². The van der Waals surface area contributed by atoms with Gasteiger partial charge in [-0.25, -0.2) is 0 Å². The van der Waals surface area contributed by atoms with E-state index in [0.29, 0.717) is 0 Å². The summed E-state index contributed by atoms with van der Waals surface area (Å²) in [6.07, 6.45) is 11.6. The van der Waals surface area contributed by atoms with Crippen LogP contribution in [0.2, 0.25) is 0 Å². The first kappa shape index (κ1) is 45.1. The van der Waals surface area contributed by atoms with E-state index in [1.165, 1.54) is 141 Å². The van der Waals surface area contributed by atoms with Crippen molar-refractivity contribution in [2.24, 2.45) is 0 Å². The number of fused-ring (bicyclic) bond motifs is 20. The highest BCUT2D eigenvalue weighted by molar-refractivity contribution is 7.00. The molecule has 11 aromatic carbocycles. The van der Waals surface area contributed by atoms with E-state index >= 15 is 0 Å². The van der Waals surface area contributed by atoms with Gasteiger partial charge in [-0.05, 0) is 214 Å². The Balaban J connectivity index is 1.11. The number of benzene rings is 11. The molecule has 2 aliphatic carbocycles. The number of hydrogen-bond donors (Lipinski definition) is 0. The van der Waals surface area contributed by atoms with Gasteiger partial charge in [-0.3, -0.25) is 0 Å². The number of anilines is 6. The molecule has 0 atom stereocenters. The standard InChI is InChI=1S/C72H65BN2/c1-7-71(3,4)60-42-62-69(57-33-19-16-30-53(57)60)74(44-39-40-52-47-25-10-9-23-45(47)46-24-12-14-29-51(46)59(52)41-44)65-37-22-38-66-68(65)73(62)63-43-61(72(5,6)8-2)54-31-17-20-34-58(54)70(63)75(66)64-36-21-35-56-50-27-13-11-26-48(50)49-28-15-18-32-55(49)67(56)64/h9-15,18,21-29,32,35-43H,7-8,16-17,19-20,30-31,33-34H2,1-6H3. The van der Waals surface area contributed by atoms with Gasteiger partial charge in [0, 0.05) is 33.8 Å². The van der Waals surface area contributed by atoms with Gasteiger partial charge in [0.25, 0.3) is 6.71 Å². The molecule has 75 heavy (non-hydrogen) atoms. The fourth-order valence-corrected chi connectivity index (χ4v) is 15.1. The molecule has 3 heteroatoms. The maximum atomic E-state index is 2.81. The van der Waals surface area contributed by atoms with E-state index in [-0.39, 0.29) is 17.5 Å². The van der Waals surface area contributed by atoms with Gasteiger partial charge in [0.15, 0.2) is 0 Å². The number of nitrogens with zero attached hydrogens (tertiary/aromatic N) is 2. The SMILES string of the molecule is CCC(C)(C)c1cc2c(c3c1CCCC3)N(c1ccc3c4ccccc4c4ccccc4c3c1)c1cccc3c1B2c1cc(C(C)(C)CC)c2c(c1N3c1cccc3c4ccccc4c4ccccc4c13)CCCC2. The van der Waals surface area contributed by atoms with Gasteiger partial charge in [0.1, 0.15) is 0 Å². The van der Waals surface area contributed by atoms with Gasteiger partial charge >= 0.3 is 0 Å². The van der Waals surface area contributed by atoms with E-state index in [9.17, 15) is 0 Å². The first-order valence-corrected chi connectivity index (χ1v) is 28.4. The van der Waals surface area contributed by atoms with Crippen LogP contribution >= 0.6 is 0 Å². The van der Waals surface area contributed by atoms with Gasteiger partial charge < -0.3 is 9.80 Å². The van der Waals surface area contributed by atoms with Gasteiger partial charge in [0.2, 0.25) is 0 Å². The van der Waals surface area contributed by atoms with Gasteiger partial charge in [0.05, 0.1) is 5.69 Å². The second-order valence-corrected chi connectivity index (χ2v) is 24.0. The second kappa shape index (κ2) is 16.6. The quantitative estimate of drug-likeness (QED) is 0.121. The Morgan fingerprint density at radius 2 is 0.747 bits per heavy atom. The molecule has 0 aromatic heterocycles. The van der Waals surface area contributed by atoms with Crippen molar-refractivity contribution in [3.05, 3.63) is 197 Å². The molecule has 0 spiro atoms. The second-order valence-electron chi connectivity index (χ2n) is 24.0. The molecule has 2 aliphatic heterocycles. The van der Waals surface area contributed by atoms with Crippen LogP contribution in [0.25, 0.3) is 64.6 Å². The van der Waals surface area contributed by atoms with Crippen molar-refractivity contribution in [2.45, 2.75) is 117 Å². The van der Waals surface area contributed by atoms with Crippen molar-refractivity contribution < 1.29 is 0 Å². The third-order valence-electron chi connectivity index (χ3n) is 19.4. The Hall–Kier alpha value is -7.36. The van der Waals surface area contributed by atoms with Crippen molar-refractivity contribution in [1.82, 2.24) is 0 Å². The summed E-state index contributed by atoms with van der Waals surface area (Å²) in [6.45, 7) is 14.9. The van der Waals surface area contributed by atoms with Crippen LogP contribution in [0.3, 0.4) is 0 Å². The molecule has 366 valence electrons. The van der Waals surface area contributed by atoms with Crippen LogP contribution in [0.1, 0.15) is 113 Å². The van der Waals surface area contributed by atoms with E-state index in [2.05, 4.69) is 215 Å². The van der Waals surface area contributed by atoms with Crippen molar-refractivity contribution in [2.75, 3.05) is 9.80 Å². The molecule has 0 unspecified atom stereocenters. The van der Waals surface area contributed by atoms with E-state index in [0.717, 1.165) is 38.5 Å². The Labute approximate surface area is 443 Å². The summed E-state index contributed by atoms with van der Waals surface area (Å²) in [7, 11) is 0. The van der Waals surface area contributed by atoms with E-state index in [1.807, 2.05) is 0 Å². The monoisotopic (exact) mass is 969 g/mol. The maximum absolute atomic E-state index is 2.81. The molecule has 4 aliphatic rings. The van der Waals surface area contributed by atoms with Crippen LogP contribution in [0.15, 0.2) is 164 Å². The third kappa shape index (κ3) is 6.34. The fraction of sp³-hybridized carbons (Fsp3) is 0.250. The van der Waals surface area contributed by atoms with Crippen LogP contribution in [0, 0.1) is 0 Å². The average molecular weight is 969 g/mol. The lowest BCUT2D eigenvalue weighted by Gasteiger charge is -2.48. The smallest absolute Gasteiger partial charge is 0.252 e. The van der Waals surface area contributed by atoms with E-state index in [1.54, 1.807) is 33.4 Å². The minimum Gasteiger partial charge on any atom is -0.311 e. The summed E-state index contributed by atoms with van der Waals surface area (Å²) in [5.41, 5.74) is 22.0. The minimum absolute atomic E-state index is 0.0163. The fourth-order valence-electron chi connectivity index (χ4n) is 15.1. The zero-order valence-corrected chi connectivity index (χ0v) is 44.6. The summed E-state index contributed by atoms with van der Waals surface area (Å²) in [6, 6.07) is 64.0. The Morgan fingerprint density at radius 3 is 1.24 bits per heavy atom. The van der Waals surface area contributed by atoms with Crippen LogP contribution in [0.4, 0.5) is 34.1 Å². The summed E-state index contributed by atoms with van der Waals surface area (Å²) in [5.74, 6) is 0. The molecular formula is C72H65BN2. The zero-order chi connectivity index (χ0) is 50.5. The average Bonchev–Trinajstić information content (AvgIpc) is 3.50. The first-order chi connectivity index (χ1) is 36.7. The molecule has 0 amide bonds. The molecule has 0 fully saturated rings. The van der Waals surface area contributed by atoms with Crippen LogP contribution in [-0.2, 0) is 36.5 Å². The van der Waals surface area contributed by atoms with Crippen LogP contribution < -0.4 is 26.2 Å². The molecule has 11 aromatic rings. The highest BCUT2D eigenvalue weighted by Gasteiger charge is 2.48. The predicted octanol–water partition coefficient (Wildman–Crippen LogP) is 17.8. The molecule has 0 radical (unpaired) electrons. The largest absolute Gasteiger partial charge is 0.311 e. The highest BCUT2D eigenvalue weighted by atomic mass is 15.2. The summed E-state index contributed by atoms with van der Waals surface area (Å²) in [4.78, 5) is 5.57. The van der Waals surface area contributed by atoms with Gasteiger partial charge in [-0.2, -0.15) is 0 Å². The predicted molar refractivity (Wildman–Crippen MR) is 325 cm³/mol. The van der Waals surface area contributed by atoms with Crippen LogP contribution in [-0.4, -0.2) is 6.71 Å². The number of hydrogen-bond acceptors (Lipinski definition) is 2. The molecule has 15 rings (SSSR count). The molecule has 0 saturated heterocycles. The lowest BCUT2D eigenvalue weighted by Crippen LogP contribution is -2.62. The molecule has 2 heterocycles. The number of rotatable bonds is 6. The Kier molecular flexibility index (Phi) is 9.96. The van der Waals surface area contributed by atoms with E-state index < -0.39 is 0 Å². The Morgan fingerprint density at radius 1 is 0.373 bits per heavy atom. The zero-order valence-electron chi connectivity index (χ0n) is 44.6. The molecule has 0 N–H and O–H groups in total. The molecule has 2 nitrogen and oxygen atoms in total. The van der Waals surface area contributed by atoms with Crippen molar-refractivity contribution >= 4 is 122 Å². The first-order valence-electron chi connectivity index (χ1n) is 28.4. The molecule has 0 bridgehead atoms. The van der Waals surface area contributed by atoms with Crippen LogP contribution in [0.5, 0.6) is 0 Å². The normalized spacial score (nSPS) is 15.2. The highest BCUT2D eigenvalue weighted by Crippen LogP contribution is 2.53. The molecular weight excluding hydrogens is 904 g/mol. The van der Waals surface area contributed by atoms with Crippen molar-refractivity contribution in [3.63, 3.8) is 0 Å². The molecule has 0 saturated carbocycles. The van der Waals surface area contributed by atoms with Gasteiger partial charge in [-0.15, -0.1) is 0 Å². The summed E-state index contributed by atoms with van der Waals surface area (Å²) in [5, 5.41) is 15.8.